The highest BCUT2D eigenvalue weighted by Crippen LogP contribution is 2.23. The van der Waals surface area contributed by atoms with Crippen LogP contribution in [0.15, 0.2) is 30.5 Å². The fraction of sp³-hybridized carbons (Fsp3) is 0.250. The van der Waals surface area contributed by atoms with Gasteiger partial charge >= 0.3 is 5.97 Å². The lowest BCUT2D eigenvalue weighted by Crippen LogP contribution is -2.09. The largest absolute Gasteiger partial charge is 0.478 e. The Labute approximate surface area is 99.7 Å². The normalized spacial score (nSPS) is 10.2. The van der Waals surface area contributed by atoms with Gasteiger partial charge in [0.15, 0.2) is 0 Å². The summed E-state index contributed by atoms with van der Waals surface area (Å²) in [5.74, 6) is -0.779. The van der Waals surface area contributed by atoms with E-state index in [-0.39, 0.29) is 11.5 Å². The summed E-state index contributed by atoms with van der Waals surface area (Å²) < 4.78 is 0. The summed E-state index contributed by atoms with van der Waals surface area (Å²) >= 11 is 5.75. The van der Waals surface area contributed by atoms with E-state index >= 15 is 0 Å². The lowest BCUT2D eigenvalue weighted by Gasteiger charge is -2.14. The van der Waals surface area contributed by atoms with Crippen molar-refractivity contribution >= 4 is 23.3 Å². The molecule has 0 atom stereocenters. The number of carbonyl (C=O) groups is 1. The van der Waals surface area contributed by atoms with Crippen LogP contribution in [0.25, 0.3) is 0 Å². The Morgan fingerprint density at radius 3 is 2.62 bits per heavy atom. The van der Waals surface area contributed by atoms with Gasteiger partial charge in [-0.15, -0.1) is 0 Å². The zero-order chi connectivity index (χ0) is 12.3. The molecule has 3 nitrogen and oxygen atoms in total. The molecular weight excluding hydrogens is 226 g/mol. The molecule has 16 heavy (non-hydrogen) atoms. The van der Waals surface area contributed by atoms with Crippen molar-refractivity contribution < 1.29 is 9.90 Å². The molecule has 0 aliphatic heterocycles. The third kappa shape index (κ3) is 3.00. The van der Waals surface area contributed by atoms with Gasteiger partial charge in [-0.2, -0.15) is 0 Å². The first-order valence-electron chi connectivity index (χ1n) is 4.90. The minimum Gasteiger partial charge on any atom is -0.478 e. The predicted octanol–water partition coefficient (Wildman–Crippen LogP) is 3.62. The highest BCUT2D eigenvalue weighted by atomic mass is 35.5. The van der Waals surface area contributed by atoms with Gasteiger partial charge in [0.1, 0.15) is 0 Å². The number of hydrogen-bond acceptors (Lipinski definition) is 2. The van der Waals surface area contributed by atoms with Crippen molar-refractivity contribution in [2.45, 2.75) is 13.8 Å². The van der Waals surface area contributed by atoms with E-state index in [2.05, 4.69) is 11.9 Å². The molecule has 0 aliphatic carbocycles. The van der Waals surface area contributed by atoms with Crippen molar-refractivity contribution in [2.24, 2.45) is 5.92 Å². The number of nitrogens with one attached hydrogen (secondary N) is 1. The smallest absolute Gasteiger partial charge is 0.337 e. The molecule has 0 spiro atoms. The van der Waals surface area contributed by atoms with Gasteiger partial charge in [0, 0.05) is 10.7 Å². The van der Waals surface area contributed by atoms with Crippen molar-refractivity contribution in [1.82, 2.24) is 0 Å². The van der Waals surface area contributed by atoms with Crippen molar-refractivity contribution in [3.63, 3.8) is 0 Å². The third-order valence-electron chi connectivity index (χ3n) is 2.20. The molecule has 0 bridgehead atoms. The van der Waals surface area contributed by atoms with Gasteiger partial charge < -0.3 is 10.4 Å². The van der Waals surface area contributed by atoms with Crippen LogP contribution in [-0.2, 0) is 0 Å². The Balaban J connectivity index is 3.04. The molecule has 0 saturated heterocycles. The summed E-state index contributed by atoms with van der Waals surface area (Å²) in [7, 11) is 0. The number of benzene rings is 1. The maximum atomic E-state index is 11.0. The first-order valence-corrected chi connectivity index (χ1v) is 5.28. The van der Waals surface area contributed by atoms with E-state index in [1.54, 1.807) is 12.1 Å². The quantitative estimate of drug-likeness (QED) is 0.844. The summed E-state index contributed by atoms with van der Waals surface area (Å²) in [5.41, 5.74) is 1.43. The van der Waals surface area contributed by atoms with E-state index < -0.39 is 5.97 Å². The van der Waals surface area contributed by atoms with Crippen LogP contribution in [0.1, 0.15) is 24.2 Å². The Kier molecular flexibility index (Phi) is 3.96. The maximum absolute atomic E-state index is 11.0. The highest BCUT2D eigenvalue weighted by Gasteiger charge is 2.11. The third-order valence-corrected chi connectivity index (χ3v) is 2.44. The standard InChI is InChI=1S/C12H14ClNO2/c1-7(2)8(3)14-11-5-4-9(13)6-10(11)12(15)16/h4-7,14H,3H2,1-2H3,(H,15,16). The fourth-order valence-electron chi connectivity index (χ4n) is 1.12. The molecule has 0 fully saturated rings. The summed E-state index contributed by atoms with van der Waals surface area (Å²) in [6.07, 6.45) is 0. The van der Waals surface area contributed by atoms with Gasteiger partial charge in [-0.05, 0) is 24.1 Å². The number of aromatic carboxylic acids is 1. The van der Waals surface area contributed by atoms with Crippen LogP contribution in [-0.4, -0.2) is 11.1 Å². The van der Waals surface area contributed by atoms with E-state index in [1.807, 2.05) is 13.8 Å². The van der Waals surface area contributed by atoms with E-state index in [9.17, 15) is 4.79 Å². The second kappa shape index (κ2) is 5.03. The van der Waals surface area contributed by atoms with E-state index in [4.69, 9.17) is 16.7 Å². The maximum Gasteiger partial charge on any atom is 0.337 e. The average Bonchev–Trinajstić information content (AvgIpc) is 2.20. The topological polar surface area (TPSA) is 49.3 Å². The summed E-state index contributed by atoms with van der Waals surface area (Å²) in [6.45, 7) is 7.79. The van der Waals surface area contributed by atoms with Gasteiger partial charge in [-0.1, -0.05) is 32.0 Å². The van der Waals surface area contributed by atoms with Crippen LogP contribution in [0.4, 0.5) is 5.69 Å². The van der Waals surface area contributed by atoms with Crippen molar-refractivity contribution in [3.05, 3.63) is 41.1 Å². The monoisotopic (exact) mass is 239 g/mol. The van der Waals surface area contributed by atoms with Crippen molar-refractivity contribution in [2.75, 3.05) is 5.32 Å². The SMILES string of the molecule is C=C(Nc1ccc(Cl)cc1C(=O)O)C(C)C. The molecule has 2 N–H and O–H groups in total. The Bertz CT molecular complexity index is 427. The zero-order valence-corrected chi connectivity index (χ0v) is 10.0. The number of halogens is 1. The predicted molar refractivity (Wildman–Crippen MR) is 66.0 cm³/mol. The Hall–Kier alpha value is -1.48. The molecular formula is C12H14ClNO2. The van der Waals surface area contributed by atoms with Gasteiger partial charge in [-0.25, -0.2) is 4.79 Å². The van der Waals surface area contributed by atoms with Crippen LogP contribution >= 0.6 is 11.6 Å². The summed E-state index contributed by atoms with van der Waals surface area (Å²) in [4.78, 5) is 11.0. The molecule has 4 heteroatoms. The minimum absolute atomic E-state index is 0.148. The van der Waals surface area contributed by atoms with Crippen LogP contribution in [0.2, 0.25) is 5.02 Å². The van der Waals surface area contributed by atoms with E-state index in [0.717, 1.165) is 5.70 Å². The number of rotatable bonds is 4. The Morgan fingerprint density at radius 1 is 1.50 bits per heavy atom. The molecule has 0 radical (unpaired) electrons. The first-order chi connectivity index (χ1) is 7.41. The van der Waals surface area contributed by atoms with Crippen LogP contribution < -0.4 is 5.32 Å². The van der Waals surface area contributed by atoms with E-state index in [0.29, 0.717) is 10.7 Å². The number of carboxylic acids is 1. The van der Waals surface area contributed by atoms with E-state index in [1.165, 1.54) is 6.07 Å². The molecule has 1 aromatic carbocycles. The number of anilines is 1. The van der Waals surface area contributed by atoms with Gasteiger partial charge in [0.25, 0.3) is 0 Å². The summed E-state index contributed by atoms with van der Waals surface area (Å²) in [5, 5.41) is 12.4. The number of allylic oxidation sites excluding steroid dienone is 1. The molecule has 0 aromatic heterocycles. The lowest BCUT2D eigenvalue weighted by atomic mass is 10.1. The molecule has 0 amide bonds. The van der Waals surface area contributed by atoms with Crippen LogP contribution in [0, 0.1) is 5.92 Å². The van der Waals surface area contributed by atoms with Crippen molar-refractivity contribution in [3.8, 4) is 0 Å². The Morgan fingerprint density at radius 2 is 2.12 bits per heavy atom. The molecule has 1 rings (SSSR count). The average molecular weight is 240 g/mol. The van der Waals surface area contributed by atoms with Crippen LogP contribution in [0.3, 0.4) is 0 Å². The molecule has 0 unspecified atom stereocenters. The zero-order valence-electron chi connectivity index (χ0n) is 9.25. The van der Waals surface area contributed by atoms with Gasteiger partial charge in [0.2, 0.25) is 0 Å². The fourth-order valence-corrected chi connectivity index (χ4v) is 1.29. The van der Waals surface area contributed by atoms with Crippen molar-refractivity contribution in [1.29, 1.82) is 0 Å². The number of carboxylic acid groups (broad SMARTS) is 1. The van der Waals surface area contributed by atoms with Crippen LogP contribution in [0.5, 0.6) is 0 Å². The number of hydrogen-bond donors (Lipinski definition) is 2. The molecule has 1 aromatic rings. The van der Waals surface area contributed by atoms with Gasteiger partial charge in [-0.3, -0.25) is 0 Å². The minimum atomic E-state index is -1.01. The first kappa shape index (κ1) is 12.6. The second-order valence-corrected chi connectivity index (χ2v) is 4.24. The lowest BCUT2D eigenvalue weighted by molar-refractivity contribution is 0.0698. The molecule has 86 valence electrons. The van der Waals surface area contributed by atoms with Gasteiger partial charge in [0.05, 0.1) is 11.3 Å². The second-order valence-electron chi connectivity index (χ2n) is 3.80. The summed E-state index contributed by atoms with van der Waals surface area (Å²) in [6, 6.07) is 4.70. The molecule has 0 heterocycles. The molecule has 0 saturated carbocycles. The highest BCUT2D eigenvalue weighted by molar-refractivity contribution is 6.31. The molecule has 0 aliphatic rings.